The van der Waals surface area contributed by atoms with Crippen molar-refractivity contribution in [3.8, 4) is 34.8 Å². The average molecular weight is 335 g/mol. The van der Waals surface area contributed by atoms with E-state index >= 15 is 0 Å². The Morgan fingerprint density at radius 3 is 2.52 bits per heavy atom. The molecule has 0 radical (unpaired) electrons. The first kappa shape index (κ1) is 16.1. The number of rotatable bonds is 3. The number of aliphatic carboxylic acids is 1. The highest BCUT2D eigenvalue weighted by atomic mass is 16.6. The number of nitrogens with zero attached hydrogens (tertiary/aromatic N) is 3. The van der Waals surface area contributed by atoms with Crippen LogP contribution in [0.2, 0.25) is 0 Å². The lowest BCUT2D eigenvalue weighted by molar-refractivity contribution is -0.304. The molecule has 1 aromatic carbocycles. The highest BCUT2D eigenvalue weighted by Crippen LogP contribution is 2.38. The second kappa shape index (κ2) is 6.38. The Hall–Kier alpha value is -3.78. The molecule has 0 aliphatic carbocycles. The van der Waals surface area contributed by atoms with Gasteiger partial charge in [-0.1, -0.05) is 6.07 Å². The summed E-state index contributed by atoms with van der Waals surface area (Å²) in [6, 6.07) is 8.76. The van der Waals surface area contributed by atoms with Gasteiger partial charge in [0.25, 0.3) is 0 Å². The molecule has 0 saturated heterocycles. The number of aromatic nitrogens is 1. The van der Waals surface area contributed by atoms with Crippen molar-refractivity contribution in [2.24, 2.45) is 0 Å². The van der Waals surface area contributed by atoms with Gasteiger partial charge in [-0.15, -0.1) is 0 Å². The van der Waals surface area contributed by atoms with Crippen LogP contribution in [-0.2, 0) is 11.2 Å². The van der Waals surface area contributed by atoms with E-state index in [-0.39, 0.29) is 28.2 Å². The van der Waals surface area contributed by atoms with Crippen LogP contribution >= 0.6 is 0 Å². The molecule has 0 saturated carbocycles. The van der Waals surface area contributed by atoms with Crippen LogP contribution in [0.3, 0.4) is 0 Å². The predicted octanol–water partition coefficient (Wildman–Crippen LogP) is 0.138. The van der Waals surface area contributed by atoms with Crippen LogP contribution < -0.4 is 20.3 Å². The van der Waals surface area contributed by atoms with Gasteiger partial charge >= 0.3 is 0 Å². The summed E-state index contributed by atoms with van der Waals surface area (Å²) in [7, 11) is 0. The predicted molar refractivity (Wildman–Crippen MR) is 83.2 cm³/mol. The molecule has 0 bridgehead atoms. The first-order chi connectivity index (χ1) is 12.0. The molecule has 124 valence electrons. The summed E-state index contributed by atoms with van der Waals surface area (Å²) in [5.74, 6) is -0.541. The van der Waals surface area contributed by atoms with E-state index in [1.54, 1.807) is 18.2 Å². The Bertz CT molecular complexity index is 957. The van der Waals surface area contributed by atoms with Gasteiger partial charge in [-0.3, -0.25) is 0 Å². The van der Waals surface area contributed by atoms with Gasteiger partial charge in [0, 0.05) is 18.0 Å². The number of fused-ring (bicyclic) bond motifs is 1. The quantitative estimate of drug-likeness (QED) is 0.833. The number of nitrogen functional groups attached to an aromatic ring is 1. The molecule has 0 spiro atoms. The molecule has 0 atom stereocenters. The van der Waals surface area contributed by atoms with Crippen LogP contribution in [0.1, 0.15) is 16.8 Å². The molecule has 25 heavy (non-hydrogen) atoms. The zero-order chi connectivity index (χ0) is 18.0. The molecule has 8 nitrogen and oxygen atoms in total. The maximum absolute atomic E-state index is 10.9. The van der Waals surface area contributed by atoms with Crippen molar-refractivity contribution in [1.29, 1.82) is 10.5 Å². The molecule has 3 rings (SSSR count). The third-order valence-corrected chi connectivity index (χ3v) is 3.67. The lowest BCUT2D eigenvalue weighted by Crippen LogP contribution is -2.25. The minimum atomic E-state index is -1.40. The summed E-state index contributed by atoms with van der Waals surface area (Å²) in [6.45, 7) is 0.804. The van der Waals surface area contributed by atoms with Gasteiger partial charge in [0.05, 0.1) is 11.3 Å². The SMILES string of the molecule is N#Cc1c(N)nc(CC(=O)[O-])c(C#N)c1-c1ccc2c(c1)OCCO2. The Kier molecular flexibility index (Phi) is 4.11. The number of anilines is 1. The molecular weight excluding hydrogens is 324 g/mol. The van der Waals surface area contributed by atoms with Crippen LogP contribution in [0, 0.1) is 22.7 Å². The van der Waals surface area contributed by atoms with Gasteiger partial charge in [0.1, 0.15) is 36.7 Å². The van der Waals surface area contributed by atoms with Gasteiger partial charge < -0.3 is 25.1 Å². The molecule has 1 aromatic heterocycles. The maximum atomic E-state index is 10.9. The first-order valence-electron chi connectivity index (χ1n) is 7.27. The number of carbonyl (C=O) groups excluding carboxylic acids is 1. The lowest BCUT2D eigenvalue weighted by Gasteiger charge is -2.20. The monoisotopic (exact) mass is 335 g/mol. The van der Waals surface area contributed by atoms with Gasteiger partial charge in [-0.2, -0.15) is 10.5 Å². The number of hydrogen-bond donors (Lipinski definition) is 1. The summed E-state index contributed by atoms with van der Waals surface area (Å²) in [6.07, 6.45) is -0.587. The summed E-state index contributed by atoms with van der Waals surface area (Å²) in [5, 5.41) is 29.9. The molecule has 2 heterocycles. The number of carboxylic acids is 1. The first-order valence-corrected chi connectivity index (χ1v) is 7.27. The number of carbonyl (C=O) groups is 1. The van der Waals surface area contributed by atoms with Crippen LogP contribution in [0.5, 0.6) is 11.5 Å². The van der Waals surface area contributed by atoms with Crippen molar-refractivity contribution < 1.29 is 19.4 Å². The highest BCUT2D eigenvalue weighted by molar-refractivity contribution is 5.84. The third kappa shape index (κ3) is 2.89. The van der Waals surface area contributed by atoms with Crippen molar-refractivity contribution in [3.63, 3.8) is 0 Å². The van der Waals surface area contributed by atoms with Crippen LogP contribution in [0.25, 0.3) is 11.1 Å². The van der Waals surface area contributed by atoms with Gasteiger partial charge in [0.15, 0.2) is 11.5 Å². The van der Waals surface area contributed by atoms with Gasteiger partial charge in [0.2, 0.25) is 0 Å². The molecule has 0 unspecified atom stereocenters. The second-order valence-corrected chi connectivity index (χ2v) is 5.20. The number of ether oxygens (including phenoxy) is 2. The average Bonchev–Trinajstić information content (AvgIpc) is 2.60. The van der Waals surface area contributed by atoms with Crippen molar-refractivity contribution in [2.75, 3.05) is 18.9 Å². The Labute approximate surface area is 142 Å². The molecule has 8 heteroatoms. The fourth-order valence-corrected chi connectivity index (χ4v) is 2.64. The van der Waals surface area contributed by atoms with Crippen LogP contribution in [0.4, 0.5) is 5.82 Å². The zero-order valence-corrected chi connectivity index (χ0v) is 12.9. The van der Waals surface area contributed by atoms with Crippen LogP contribution in [-0.4, -0.2) is 24.2 Å². The highest BCUT2D eigenvalue weighted by Gasteiger charge is 2.22. The standard InChI is InChI=1S/C17H12N4O4/c18-7-10-12(6-15(22)23)21-17(20)11(8-19)16(10)9-1-2-13-14(5-9)25-4-3-24-13/h1-2,5H,3-4,6H2,(H2,20,21)(H,22,23)/p-1. The summed E-state index contributed by atoms with van der Waals surface area (Å²) in [5.41, 5.74) is 6.39. The molecular formula is C17H11N4O4-. The summed E-state index contributed by atoms with van der Waals surface area (Å²) < 4.78 is 11.0. The van der Waals surface area contributed by atoms with Gasteiger partial charge in [-0.05, 0) is 17.7 Å². The number of nitrogens with two attached hydrogens (primary N) is 1. The van der Waals surface area contributed by atoms with Crippen molar-refractivity contribution in [3.05, 3.63) is 35.0 Å². The number of pyridine rings is 1. The Morgan fingerprint density at radius 2 is 1.88 bits per heavy atom. The molecule has 2 N–H and O–H groups in total. The van der Waals surface area contributed by atoms with Gasteiger partial charge in [-0.25, -0.2) is 4.98 Å². The third-order valence-electron chi connectivity index (χ3n) is 3.67. The van der Waals surface area contributed by atoms with E-state index in [0.29, 0.717) is 30.3 Å². The molecule has 1 aliphatic rings. The topological polar surface area (TPSA) is 145 Å². The van der Waals surface area contributed by atoms with Crippen molar-refractivity contribution in [1.82, 2.24) is 4.98 Å². The van der Waals surface area contributed by atoms with E-state index in [1.165, 1.54) is 0 Å². The van der Waals surface area contributed by atoms with Crippen molar-refractivity contribution >= 4 is 11.8 Å². The Balaban J connectivity index is 2.27. The molecule has 0 amide bonds. The molecule has 2 aromatic rings. The van der Waals surface area contributed by atoms with E-state index in [1.807, 2.05) is 12.1 Å². The largest absolute Gasteiger partial charge is 0.550 e. The number of hydrogen-bond acceptors (Lipinski definition) is 8. The molecule has 1 aliphatic heterocycles. The smallest absolute Gasteiger partial charge is 0.161 e. The van der Waals surface area contributed by atoms with Crippen LogP contribution in [0.15, 0.2) is 18.2 Å². The second-order valence-electron chi connectivity index (χ2n) is 5.20. The van der Waals surface area contributed by atoms with Crippen molar-refractivity contribution in [2.45, 2.75) is 6.42 Å². The minimum Gasteiger partial charge on any atom is -0.550 e. The lowest BCUT2D eigenvalue weighted by atomic mass is 9.93. The van der Waals surface area contributed by atoms with E-state index in [4.69, 9.17) is 15.2 Å². The fourth-order valence-electron chi connectivity index (χ4n) is 2.64. The number of nitriles is 2. The van der Waals surface area contributed by atoms with E-state index in [2.05, 4.69) is 4.98 Å². The minimum absolute atomic E-state index is 0.00433. The number of benzene rings is 1. The normalized spacial score (nSPS) is 12.1. The Morgan fingerprint density at radius 1 is 1.20 bits per heavy atom. The van der Waals surface area contributed by atoms with E-state index in [0.717, 1.165) is 0 Å². The number of carboxylic acid groups (broad SMARTS) is 1. The summed E-state index contributed by atoms with van der Waals surface area (Å²) >= 11 is 0. The summed E-state index contributed by atoms with van der Waals surface area (Å²) in [4.78, 5) is 14.8. The van der Waals surface area contributed by atoms with E-state index < -0.39 is 12.4 Å². The molecule has 0 fully saturated rings. The fraction of sp³-hybridized carbons (Fsp3) is 0.176. The maximum Gasteiger partial charge on any atom is 0.161 e. The van der Waals surface area contributed by atoms with E-state index in [9.17, 15) is 20.4 Å². The zero-order valence-electron chi connectivity index (χ0n) is 12.9.